The van der Waals surface area contributed by atoms with Gasteiger partial charge in [0.2, 0.25) is 5.91 Å². The molecular formula is C13H24N2O2. The van der Waals surface area contributed by atoms with E-state index in [1.54, 1.807) is 0 Å². The first-order valence-corrected chi connectivity index (χ1v) is 6.71. The van der Waals surface area contributed by atoms with Crippen LogP contribution in [0.2, 0.25) is 0 Å². The number of hydrogen-bond donors (Lipinski definition) is 1. The number of rotatable bonds is 2. The standard InChI is InChI=1S/C13H24N2O2/c1-9-7-10(8-17-9)13(16)15(2)12-5-3-11(14)4-6-12/h9-12H,3-8,14H2,1-2H3. The first kappa shape index (κ1) is 12.8. The second kappa shape index (κ2) is 5.36. The van der Waals surface area contributed by atoms with Crippen LogP contribution in [0.4, 0.5) is 0 Å². The average molecular weight is 240 g/mol. The van der Waals surface area contributed by atoms with E-state index in [0.29, 0.717) is 18.7 Å². The van der Waals surface area contributed by atoms with Gasteiger partial charge in [-0.3, -0.25) is 4.79 Å². The van der Waals surface area contributed by atoms with Gasteiger partial charge >= 0.3 is 0 Å². The van der Waals surface area contributed by atoms with E-state index in [2.05, 4.69) is 0 Å². The van der Waals surface area contributed by atoms with Gasteiger partial charge in [0.15, 0.2) is 0 Å². The number of amides is 1. The lowest BCUT2D eigenvalue weighted by atomic mass is 9.90. The molecule has 1 aliphatic carbocycles. The van der Waals surface area contributed by atoms with Crippen molar-refractivity contribution in [3.8, 4) is 0 Å². The van der Waals surface area contributed by atoms with E-state index in [1.165, 1.54) is 0 Å². The van der Waals surface area contributed by atoms with E-state index >= 15 is 0 Å². The highest BCUT2D eigenvalue weighted by molar-refractivity contribution is 5.79. The van der Waals surface area contributed by atoms with Crippen LogP contribution in [-0.2, 0) is 9.53 Å². The number of nitrogens with two attached hydrogens (primary N) is 1. The van der Waals surface area contributed by atoms with Gasteiger partial charge in [0.25, 0.3) is 0 Å². The predicted octanol–water partition coefficient (Wildman–Crippen LogP) is 1.14. The van der Waals surface area contributed by atoms with E-state index in [9.17, 15) is 4.79 Å². The number of ether oxygens (including phenoxy) is 1. The van der Waals surface area contributed by atoms with Gasteiger partial charge in [-0.15, -0.1) is 0 Å². The van der Waals surface area contributed by atoms with Crippen LogP contribution in [0, 0.1) is 5.92 Å². The van der Waals surface area contributed by atoms with Crippen LogP contribution in [0.25, 0.3) is 0 Å². The van der Waals surface area contributed by atoms with Crippen molar-refractivity contribution in [2.75, 3.05) is 13.7 Å². The molecule has 2 atom stereocenters. The summed E-state index contributed by atoms with van der Waals surface area (Å²) in [5.74, 6) is 0.334. The molecule has 0 aromatic rings. The molecule has 0 bridgehead atoms. The molecule has 0 aromatic heterocycles. The zero-order chi connectivity index (χ0) is 12.4. The van der Waals surface area contributed by atoms with E-state index in [4.69, 9.17) is 10.5 Å². The topological polar surface area (TPSA) is 55.6 Å². The Balaban J connectivity index is 1.86. The van der Waals surface area contributed by atoms with Crippen molar-refractivity contribution >= 4 is 5.91 Å². The summed E-state index contributed by atoms with van der Waals surface area (Å²) in [7, 11) is 1.94. The molecule has 2 aliphatic rings. The fourth-order valence-corrected chi connectivity index (χ4v) is 2.95. The zero-order valence-electron chi connectivity index (χ0n) is 10.9. The molecule has 0 aromatic carbocycles. The van der Waals surface area contributed by atoms with Crippen LogP contribution < -0.4 is 5.73 Å². The van der Waals surface area contributed by atoms with Crippen LogP contribution in [0.1, 0.15) is 39.0 Å². The highest BCUT2D eigenvalue weighted by Crippen LogP contribution is 2.26. The molecule has 2 fully saturated rings. The van der Waals surface area contributed by atoms with Crippen molar-refractivity contribution in [1.29, 1.82) is 0 Å². The molecule has 0 spiro atoms. The fraction of sp³-hybridized carbons (Fsp3) is 0.923. The molecule has 1 heterocycles. The molecule has 4 nitrogen and oxygen atoms in total. The van der Waals surface area contributed by atoms with Gasteiger partial charge in [-0.25, -0.2) is 0 Å². The van der Waals surface area contributed by atoms with Crippen LogP contribution in [0.5, 0.6) is 0 Å². The Morgan fingerprint density at radius 3 is 2.47 bits per heavy atom. The molecule has 1 amide bonds. The molecule has 17 heavy (non-hydrogen) atoms. The van der Waals surface area contributed by atoms with Gasteiger partial charge < -0.3 is 15.4 Å². The number of nitrogens with zero attached hydrogens (tertiary/aromatic N) is 1. The van der Waals surface area contributed by atoms with E-state index in [0.717, 1.165) is 32.1 Å². The van der Waals surface area contributed by atoms with Crippen LogP contribution in [0.15, 0.2) is 0 Å². The largest absolute Gasteiger partial charge is 0.378 e. The average Bonchev–Trinajstić information content (AvgIpc) is 2.75. The van der Waals surface area contributed by atoms with E-state index in [-0.39, 0.29) is 17.9 Å². The zero-order valence-corrected chi connectivity index (χ0v) is 10.9. The third-order valence-corrected chi connectivity index (χ3v) is 4.18. The van der Waals surface area contributed by atoms with Gasteiger partial charge in [0, 0.05) is 19.1 Å². The lowest BCUT2D eigenvalue weighted by molar-refractivity contribution is -0.136. The van der Waals surface area contributed by atoms with Crippen molar-refractivity contribution in [3.05, 3.63) is 0 Å². The third-order valence-electron chi connectivity index (χ3n) is 4.18. The maximum Gasteiger partial charge on any atom is 0.228 e. The van der Waals surface area contributed by atoms with Gasteiger partial charge in [0.05, 0.1) is 18.6 Å². The molecule has 4 heteroatoms. The summed E-state index contributed by atoms with van der Waals surface area (Å²) in [6, 6.07) is 0.725. The van der Waals surface area contributed by atoms with E-state index < -0.39 is 0 Å². The molecule has 2 unspecified atom stereocenters. The quantitative estimate of drug-likeness (QED) is 0.787. The lowest BCUT2D eigenvalue weighted by Crippen LogP contribution is -2.44. The Morgan fingerprint density at radius 1 is 1.29 bits per heavy atom. The highest BCUT2D eigenvalue weighted by Gasteiger charge is 2.33. The maximum atomic E-state index is 12.3. The van der Waals surface area contributed by atoms with Crippen LogP contribution >= 0.6 is 0 Å². The van der Waals surface area contributed by atoms with Crippen molar-refractivity contribution < 1.29 is 9.53 Å². The number of carbonyl (C=O) groups excluding carboxylic acids is 1. The summed E-state index contributed by atoms with van der Waals surface area (Å²) in [5, 5.41) is 0. The maximum absolute atomic E-state index is 12.3. The molecule has 1 saturated heterocycles. The van der Waals surface area contributed by atoms with Crippen LogP contribution in [0.3, 0.4) is 0 Å². The lowest BCUT2D eigenvalue weighted by Gasteiger charge is -2.34. The van der Waals surface area contributed by atoms with Gasteiger partial charge in [0.1, 0.15) is 0 Å². The van der Waals surface area contributed by atoms with Crippen molar-refractivity contribution in [2.45, 2.75) is 57.2 Å². The second-order valence-electron chi connectivity index (χ2n) is 5.59. The highest BCUT2D eigenvalue weighted by atomic mass is 16.5. The molecular weight excluding hydrogens is 216 g/mol. The first-order chi connectivity index (χ1) is 8.08. The van der Waals surface area contributed by atoms with Gasteiger partial charge in [-0.1, -0.05) is 0 Å². The minimum Gasteiger partial charge on any atom is -0.378 e. The number of carbonyl (C=O) groups is 1. The Hall–Kier alpha value is -0.610. The second-order valence-corrected chi connectivity index (χ2v) is 5.59. The summed E-state index contributed by atoms with van der Waals surface area (Å²) in [6.45, 7) is 2.63. The Morgan fingerprint density at radius 2 is 1.94 bits per heavy atom. The van der Waals surface area contributed by atoms with Crippen molar-refractivity contribution in [2.24, 2.45) is 11.7 Å². The van der Waals surface area contributed by atoms with Gasteiger partial charge in [-0.2, -0.15) is 0 Å². The molecule has 0 radical (unpaired) electrons. The molecule has 2 rings (SSSR count). The monoisotopic (exact) mass is 240 g/mol. The van der Waals surface area contributed by atoms with Crippen molar-refractivity contribution in [3.63, 3.8) is 0 Å². The summed E-state index contributed by atoms with van der Waals surface area (Å²) in [6.07, 6.45) is 5.28. The van der Waals surface area contributed by atoms with Crippen LogP contribution in [-0.4, -0.2) is 42.6 Å². The summed E-state index contributed by atoms with van der Waals surface area (Å²) in [4.78, 5) is 14.2. The first-order valence-electron chi connectivity index (χ1n) is 6.71. The molecule has 2 N–H and O–H groups in total. The SMILES string of the molecule is CC1CC(C(=O)N(C)C2CCC(N)CC2)CO1. The normalized spacial score (nSPS) is 38.1. The Bertz CT molecular complexity index is 275. The minimum atomic E-state index is 0.0746. The summed E-state index contributed by atoms with van der Waals surface area (Å²) in [5.41, 5.74) is 5.89. The summed E-state index contributed by atoms with van der Waals surface area (Å²) < 4.78 is 5.47. The third kappa shape index (κ3) is 2.99. The summed E-state index contributed by atoms with van der Waals surface area (Å²) >= 11 is 0. The Labute approximate surface area is 103 Å². The predicted molar refractivity (Wildman–Crippen MR) is 66.5 cm³/mol. The minimum absolute atomic E-state index is 0.0746. The Kier molecular flexibility index (Phi) is 4.05. The van der Waals surface area contributed by atoms with Gasteiger partial charge in [-0.05, 0) is 39.0 Å². The smallest absolute Gasteiger partial charge is 0.228 e. The molecule has 1 aliphatic heterocycles. The molecule has 98 valence electrons. The fourth-order valence-electron chi connectivity index (χ4n) is 2.95. The number of hydrogen-bond acceptors (Lipinski definition) is 3. The molecule has 1 saturated carbocycles. The van der Waals surface area contributed by atoms with E-state index in [1.807, 2.05) is 18.9 Å². The van der Waals surface area contributed by atoms with Crippen molar-refractivity contribution in [1.82, 2.24) is 4.90 Å².